The molecule has 1 aromatic heterocycles. The van der Waals surface area contributed by atoms with Gasteiger partial charge in [0.1, 0.15) is 0 Å². The molecule has 2 rings (SSSR count). The fraction of sp³-hybridized carbons (Fsp3) is 0.250. The molecule has 2 N–H and O–H groups in total. The van der Waals surface area contributed by atoms with E-state index in [9.17, 15) is 9.59 Å². The molecule has 2 aromatic rings. The Morgan fingerprint density at radius 3 is 2.70 bits per heavy atom. The molecule has 6 nitrogen and oxygen atoms in total. The van der Waals surface area contributed by atoms with Gasteiger partial charge in [-0.2, -0.15) is 0 Å². The van der Waals surface area contributed by atoms with Crippen LogP contribution in [0.5, 0.6) is 0 Å². The Morgan fingerprint density at radius 1 is 1.30 bits per heavy atom. The summed E-state index contributed by atoms with van der Waals surface area (Å²) in [7, 11) is 0. The van der Waals surface area contributed by atoms with Crippen molar-refractivity contribution >= 4 is 33.4 Å². The van der Waals surface area contributed by atoms with Gasteiger partial charge in [-0.25, -0.2) is 0 Å². The van der Waals surface area contributed by atoms with E-state index >= 15 is 0 Å². The molecule has 0 spiro atoms. The van der Waals surface area contributed by atoms with E-state index in [1.807, 2.05) is 6.92 Å². The number of carbonyl (C=O) groups excluding carboxylic acids is 2. The molecule has 0 atom stereocenters. The minimum atomic E-state index is -0.400. The van der Waals surface area contributed by atoms with E-state index < -0.39 is 5.91 Å². The SMILES string of the molecule is CCN(CCO)C(=O)c1cccc(NC(=O)c2ccc(Br)o2)c1. The maximum Gasteiger partial charge on any atom is 0.291 e. The molecule has 0 bridgehead atoms. The lowest BCUT2D eigenvalue weighted by Crippen LogP contribution is -2.33. The van der Waals surface area contributed by atoms with Crippen LogP contribution < -0.4 is 5.32 Å². The third-order valence-electron chi connectivity index (χ3n) is 3.20. The molecule has 0 radical (unpaired) electrons. The topological polar surface area (TPSA) is 82.8 Å². The summed E-state index contributed by atoms with van der Waals surface area (Å²) < 4.78 is 5.65. The zero-order valence-electron chi connectivity index (χ0n) is 12.6. The van der Waals surface area contributed by atoms with Crippen LogP contribution >= 0.6 is 15.9 Å². The van der Waals surface area contributed by atoms with Crippen LogP contribution in [0.1, 0.15) is 27.8 Å². The molecule has 1 heterocycles. The van der Waals surface area contributed by atoms with Crippen molar-refractivity contribution in [3.05, 3.63) is 52.4 Å². The summed E-state index contributed by atoms with van der Waals surface area (Å²) in [4.78, 5) is 25.9. The Balaban J connectivity index is 2.13. The smallest absolute Gasteiger partial charge is 0.291 e. The number of aliphatic hydroxyl groups excluding tert-OH is 1. The molecular formula is C16H17BrN2O4. The number of hydrogen-bond acceptors (Lipinski definition) is 4. The molecule has 0 unspecified atom stereocenters. The van der Waals surface area contributed by atoms with Crippen molar-refractivity contribution in [1.29, 1.82) is 0 Å². The molecule has 23 heavy (non-hydrogen) atoms. The highest BCUT2D eigenvalue weighted by Gasteiger charge is 2.15. The molecule has 0 fully saturated rings. The van der Waals surface area contributed by atoms with Crippen molar-refractivity contribution in [3.63, 3.8) is 0 Å². The molecule has 2 amide bonds. The molecule has 0 saturated heterocycles. The van der Waals surface area contributed by atoms with E-state index in [2.05, 4.69) is 21.2 Å². The number of anilines is 1. The Morgan fingerprint density at radius 2 is 2.09 bits per heavy atom. The average molecular weight is 381 g/mol. The zero-order chi connectivity index (χ0) is 16.8. The largest absolute Gasteiger partial charge is 0.444 e. The van der Waals surface area contributed by atoms with Gasteiger partial charge < -0.3 is 19.7 Å². The van der Waals surface area contributed by atoms with Crippen molar-refractivity contribution in [2.24, 2.45) is 0 Å². The van der Waals surface area contributed by atoms with E-state index in [-0.39, 0.29) is 24.8 Å². The lowest BCUT2D eigenvalue weighted by molar-refractivity contribution is 0.0731. The first-order valence-electron chi connectivity index (χ1n) is 7.12. The van der Waals surface area contributed by atoms with Gasteiger partial charge in [0.25, 0.3) is 11.8 Å². The normalized spacial score (nSPS) is 10.4. The van der Waals surface area contributed by atoms with E-state index in [1.165, 1.54) is 4.90 Å². The van der Waals surface area contributed by atoms with Crippen molar-refractivity contribution in [3.8, 4) is 0 Å². The molecule has 122 valence electrons. The number of halogens is 1. The molecule has 7 heteroatoms. The van der Waals surface area contributed by atoms with Gasteiger partial charge in [-0.3, -0.25) is 9.59 Å². The van der Waals surface area contributed by atoms with E-state index in [1.54, 1.807) is 36.4 Å². The van der Waals surface area contributed by atoms with Gasteiger partial charge in [0.2, 0.25) is 0 Å². The fourth-order valence-electron chi connectivity index (χ4n) is 2.07. The number of amides is 2. The first kappa shape index (κ1) is 17.2. The minimum absolute atomic E-state index is 0.0939. The Bertz CT molecular complexity index is 699. The van der Waals surface area contributed by atoms with Crippen molar-refractivity contribution in [2.45, 2.75) is 6.92 Å². The van der Waals surface area contributed by atoms with Crippen molar-refractivity contribution in [1.82, 2.24) is 4.90 Å². The third-order valence-corrected chi connectivity index (χ3v) is 3.63. The molecule has 0 saturated carbocycles. The molecule has 1 aromatic carbocycles. The molecular weight excluding hydrogens is 364 g/mol. The van der Waals surface area contributed by atoms with Gasteiger partial charge in [-0.15, -0.1) is 0 Å². The van der Waals surface area contributed by atoms with E-state index in [0.717, 1.165) is 0 Å². The first-order chi connectivity index (χ1) is 11.0. The standard InChI is InChI=1S/C16H17BrN2O4/c1-2-19(8-9-20)16(22)11-4-3-5-12(10-11)18-15(21)13-6-7-14(17)23-13/h3-7,10,20H,2,8-9H2,1H3,(H,18,21). The number of rotatable bonds is 6. The maximum atomic E-state index is 12.4. The van der Waals surface area contributed by atoms with Gasteiger partial charge in [0.15, 0.2) is 10.4 Å². The summed E-state index contributed by atoms with van der Waals surface area (Å²) in [6.45, 7) is 2.51. The highest BCUT2D eigenvalue weighted by atomic mass is 79.9. The third kappa shape index (κ3) is 4.43. The average Bonchev–Trinajstić information content (AvgIpc) is 2.99. The van der Waals surface area contributed by atoms with Gasteiger partial charge in [0.05, 0.1) is 6.61 Å². The second-order valence-electron chi connectivity index (χ2n) is 4.75. The number of aliphatic hydroxyl groups is 1. The van der Waals surface area contributed by atoms with Crippen LogP contribution in [-0.4, -0.2) is 41.5 Å². The predicted octanol–water partition coefficient (Wildman–Crippen LogP) is 2.75. The van der Waals surface area contributed by atoms with Crippen LogP contribution in [0.3, 0.4) is 0 Å². The van der Waals surface area contributed by atoms with Gasteiger partial charge >= 0.3 is 0 Å². The quantitative estimate of drug-likeness (QED) is 0.806. The number of furan rings is 1. The Hall–Kier alpha value is -2.12. The minimum Gasteiger partial charge on any atom is -0.444 e. The lowest BCUT2D eigenvalue weighted by Gasteiger charge is -2.20. The molecule has 0 aliphatic carbocycles. The van der Waals surface area contributed by atoms with Gasteiger partial charge in [-0.1, -0.05) is 6.07 Å². The number of likely N-dealkylation sites (N-methyl/N-ethyl adjacent to an activating group) is 1. The number of carbonyl (C=O) groups is 2. The van der Waals surface area contributed by atoms with Crippen LogP contribution in [0.25, 0.3) is 0 Å². The second kappa shape index (κ2) is 7.94. The Labute approximate surface area is 142 Å². The fourth-order valence-corrected chi connectivity index (χ4v) is 2.37. The predicted molar refractivity (Wildman–Crippen MR) is 89.5 cm³/mol. The van der Waals surface area contributed by atoms with Crippen LogP contribution in [0.4, 0.5) is 5.69 Å². The summed E-state index contributed by atoms with van der Waals surface area (Å²) in [5, 5.41) is 11.7. The van der Waals surface area contributed by atoms with Gasteiger partial charge in [0, 0.05) is 24.3 Å². The summed E-state index contributed by atoms with van der Waals surface area (Å²) in [6.07, 6.45) is 0. The molecule has 0 aliphatic heterocycles. The first-order valence-corrected chi connectivity index (χ1v) is 7.91. The van der Waals surface area contributed by atoms with Crippen molar-refractivity contribution < 1.29 is 19.1 Å². The number of nitrogens with zero attached hydrogens (tertiary/aromatic N) is 1. The highest BCUT2D eigenvalue weighted by Crippen LogP contribution is 2.17. The maximum absolute atomic E-state index is 12.4. The lowest BCUT2D eigenvalue weighted by atomic mass is 10.1. The summed E-state index contributed by atoms with van der Waals surface area (Å²) in [5.41, 5.74) is 0.937. The number of benzene rings is 1. The summed E-state index contributed by atoms with van der Waals surface area (Å²) in [5.74, 6) is -0.425. The van der Waals surface area contributed by atoms with Crippen LogP contribution in [-0.2, 0) is 0 Å². The monoisotopic (exact) mass is 380 g/mol. The van der Waals surface area contributed by atoms with Gasteiger partial charge in [-0.05, 0) is 53.2 Å². The highest BCUT2D eigenvalue weighted by molar-refractivity contribution is 9.10. The van der Waals surface area contributed by atoms with Crippen molar-refractivity contribution in [2.75, 3.05) is 25.0 Å². The van der Waals surface area contributed by atoms with E-state index in [4.69, 9.17) is 9.52 Å². The second-order valence-corrected chi connectivity index (χ2v) is 5.53. The number of hydrogen-bond donors (Lipinski definition) is 2. The van der Waals surface area contributed by atoms with E-state index in [0.29, 0.717) is 22.5 Å². The summed E-state index contributed by atoms with van der Waals surface area (Å²) in [6, 6.07) is 9.82. The number of nitrogens with one attached hydrogen (secondary N) is 1. The molecule has 0 aliphatic rings. The Kier molecular flexibility index (Phi) is 5.95. The van der Waals surface area contributed by atoms with Crippen LogP contribution in [0, 0.1) is 0 Å². The summed E-state index contributed by atoms with van der Waals surface area (Å²) >= 11 is 3.14. The van der Waals surface area contributed by atoms with Crippen LogP contribution in [0.2, 0.25) is 0 Å². The zero-order valence-corrected chi connectivity index (χ0v) is 14.2. The van der Waals surface area contributed by atoms with Crippen LogP contribution in [0.15, 0.2) is 45.5 Å².